The standard InChI is InChI=1S/C23H19FN4O3S/c1-12-11-32-23(25-12)26-22(29)20-17-8-13-9-18(30-2)19(31-3)10-16(13)21(17)28(27-20)15-6-4-14(24)5-7-15/h4-7,9-11H,8H2,1-3H3,(H,25,26,29). The van der Waals surface area contributed by atoms with Crippen molar-refractivity contribution in [3.05, 3.63) is 70.1 Å². The molecular formula is C23H19FN4O3S. The van der Waals surface area contributed by atoms with Crippen LogP contribution in [0, 0.1) is 12.7 Å². The van der Waals surface area contributed by atoms with E-state index in [4.69, 9.17) is 9.47 Å². The van der Waals surface area contributed by atoms with Crippen molar-refractivity contribution in [3.63, 3.8) is 0 Å². The molecule has 1 amide bonds. The van der Waals surface area contributed by atoms with Gasteiger partial charge in [-0.05, 0) is 48.9 Å². The van der Waals surface area contributed by atoms with Crippen LogP contribution in [0.1, 0.15) is 27.3 Å². The molecule has 32 heavy (non-hydrogen) atoms. The van der Waals surface area contributed by atoms with Crippen molar-refractivity contribution in [2.45, 2.75) is 13.3 Å². The van der Waals surface area contributed by atoms with Gasteiger partial charge in [-0.3, -0.25) is 10.1 Å². The molecule has 1 N–H and O–H groups in total. The number of anilines is 1. The van der Waals surface area contributed by atoms with E-state index in [9.17, 15) is 9.18 Å². The molecule has 0 fully saturated rings. The maximum atomic E-state index is 13.5. The van der Waals surface area contributed by atoms with Crippen molar-refractivity contribution in [1.82, 2.24) is 14.8 Å². The third kappa shape index (κ3) is 3.31. The average molecular weight is 450 g/mol. The number of hydrogen-bond acceptors (Lipinski definition) is 6. The molecular weight excluding hydrogens is 431 g/mol. The van der Waals surface area contributed by atoms with Gasteiger partial charge in [-0.2, -0.15) is 5.10 Å². The molecule has 0 atom stereocenters. The van der Waals surface area contributed by atoms with Crippen LogP contribution in [0.4, 0.5) is 9.52 Å². The van der Waals surface area contributed by atoms with Gasteiger partial charge in [0.05, 0.1) is 31.3 Å². The number of fused-ring (bicyclic) bond motifs is 3. The molecule has 0 aliphatic heterocycles. The molecule has 5 rings (SSSR count). The van der Waals surface area contributed by atoms with Crippen LogP contribution < -0.4 is 14.8 Å². The number of ether oxygens (including phenoxy) is 2. The van der Waals surface area contributed by atoms with E-state index in [0.29, 0.717) is 34.4 Å². The predicted octanol–water partition coefficient (Wildman–Crippen LogP) is 4.62. The molecule has 0 spiro atoms. The lowest BCUT2D eigenvalue weighted by Crippen LogP contribution is -2.15. The minimum Gasteiger partial charge on any atom is -0.493 e. The molecule has 2 heterocycles. The van der Waals surface area contributed by atoms with Gasteiger partial charge >= 0.3 is 0 Å². The number of carbonyl (C=O) groups is 1. The molecule has 0 bridgehead atoms. The Labute approximate surface area is 187 Å². The number of aryl methyl sites for hydroxylation is 1. The third-order valence-corrected chi connectivity index (χ3v) is 6.22. The summed E-state index contributed by atoms with van der Waals surface area (Å²) in [6.07, 6.45) is 0.506. The lowest BCUT2D eigenvalue weighted by Gasteiger charge is -2.12. The topological polar surface area (TPSA) is 78.3 Å². The molecule has 9 heteroatoms. The number of nitrogens with one attached hydrogen (secondary N) is 1. The summed E-state index contributed by atoms with van der Waals surface area (Å²) in [7, 11) is 3.16. The zero-order valence-electron chi connectivity index (χ0n) is 17.6. The first-order valence-corrected chi connectivity index (χ1v) is 10.7. The number of nitrogens with zero attached hydrogens (tertiary/aromatic N) is 3. The SMILES string of the molecule is COc1cc2c(cc1OC)-c1c(c(C(=O)Nc3nc(C)cs3)nn1-c1ccc(F)cc1)C2. The van der Waals surface area contributed by atoms with E-state index in [1.165, 1.54) is 23.5 Å². The fourth-order valence-corrected chi connectivity index (χ4v) is 4.58. The number of carbonyl (C=O) groups excluding carboxylic acids is 1. The summed E-state index contributed by atoms with van der Waals surface area (Å²) in [6, 6.07) is 9.79. The van der Waals surface area contributed by atoms with Gasteiger partial charge in [0.25, 0.3) is 5.91 Å². The summed E-state index contributed by atoms with van der Waals surface area (Å²) in [4.78, 5) is 17.5. The normalized spacial score (nSPS) is 11.8. The first-order valence-electron chi connectivity index (χ1n) is 9.85. The van der Waals surface area contributed by atoms with E-state index in [0.717, 1.165) is 28.1 Å². The highest BCUT2D eigenvalue weighted by atomic mass is 32.1. The van der Waals surface area contributed by atoms with Crippen molar-refractivity contribution < 1.29 is 18.7 Å². The molecule has 2 aromatic heterocycles. The summed E-state index contributed by atoms with van der Waals surface area (Å²) in [6.45, 7) is 1.87. The minimum absolute atomic E-state index is 0.298. The van der Waals surface area contributed by atoms with Crippen LogP contribution in [0.2, 0.25) is 0 Å². The van der Waals surface area contributed by atoms with Crippen molar-refractivity contribution in [2.24, 2.45) is 0 Å². The van der Waals surface area contributed by atoms with Crippen LogP contribution >= 0.6 is 11.3 Å². The van der Waals surface area contributed by atoms with Gasteiger partial charge in [0.15, 0.2) is 22.3 Å². The van der Waals surface area contributed by atoms with E-state index >= 15 is 0 Å². The highest BCUT2D eigenvalue weighted by Crippen LogP contribution is 2.44. The maximum Gasteiger partial charge on any atom is 0.278 e. The van der Waals surface area contributed by atoms with Crippen molar-refractivity contribution in [1.29, 1.82) is 0 Å². The van der Waals surface area contributed by atoms with Gasteiger partial charge in [0.1, 0.15) is 5.82 Å². The number of hydrogen-bond donors (Lipinski definition) is 1. The van der Waals surface area contributed by atoms with Crippen molar-refractivity contribution in [3.8, 4) is 28.4 Å². The lowest BCUT2D eigenvalue weighted by molar-refractivity contribution is 0.102. The fourth-order valence-electron chi connectivity index (χ4n) is 3.89. The Kier molecular flexibility index (Phi) is 4.90. The molecule has 0 saturated carbocycles. The van der Waals surface area contributed by atoms with Crippen LogP contribution in [0.15, 0.2) is 41.8 Å². The number of methoxy groups -OCH3 is 2. The Morgan fingerprint density at radius 1 is 1.16 bits per heavy atom. The summed E-state index contributed by atoms with van der Waals surface area (Å²) in [5.74, 6) is 0.502. The van der Waals surface area contributed by atoms with E-state index in [1.54, 1.807) is 31.0 Å². The number of aromatic nitrogens is 3. The first kappa shape index (κ1) is 20.2. The molecule has 4 aromatic rings. The molecule has 2 aromatic carbocycles. The molecule has 162 valence electrons. The monoisotopic (exact) mass is 450 g/mol. The van der Waals surface area contributed by atoms with Gasteiger partial charge in [-0.15, -0.1) is 11.3 Å². The molecule has 0 saturated heterocycles. The lowest BCUT2D eigenvalue weighted by atomic mass is 10.1. The first-order chi connectivity index (χ1) is 15.5. The molecule has 7 nitrogen and oxygen atoms in total. The van der Waals surface area contributed by atoms with Gasteiger partial charge in [-0.25, -0.2) is 14.1 Å². The van der Waals surface area contributed by atoms with Crippen LogP contribution in [0.5, 0.6) is 11.5 Å². The van der Waals surface area contributed by atoms with Crippen LogP contribution in [0.3, 0.4) is 0 Å². The van der Waals surface area contributed by atoms with E-state index in [2.05, 4.69) is 15.4 Å². The van der Waals surface area contributed by atoms with Gasteiger partial charge < -0.3 is 9.47 Å². The highest BCUT2D eigenvalue weighted by molar-refractivity contribution is 7.13. The molecule has 1 aliphatic carbocycles. The van der Waals surface area contributed by atoms with Crippen LogP contribution in [-0.2, 0) is 6.42 Å². The fraction of sp³-hybridized carbons (Fsp3) is 0.174. The smallest absolute Gasteiger partial charge is 0.278 e. The number of rotatable bonds is 5. The maximum absolute atomic E-state index is 13.5. The number of amides is 1. The van der Waals surface area contributed by atoms with E-state index in [-0.39, 0.29) is 11.7 Å². The zero-order valence-corrected chi connectivity index (χ0v) is 18.4. The van der Waals surface area contributed by atoms with Gasteiger partial charge in [0.2, 0.25) is 0 Å². The third-order valence-electron chi connectivity index (χ3n) is 5.34. The summed E-state index contributed by atoms with van der Waals surface area (Å²) >= 11 is 1.36. The average Bonchev–Trinajstić information content (AvgIpc) is 3.47. The number of halogens is 1. The second kappa shape index (κ2) is 7.76. The number of benzene rings is 2. The van der Waals surface area contributed by atoms with Crippen molar-refractivity contribution >= 4 is 22.4 Å². The highest BCUT2D eigenvalue weighted by Gasteiger charge is 2.32. The molecule has 0 radical (unpaired) electrons. The van der Waals surface area contributed by atoms with Gasteiger partial charge in [0, 0.05) is 22.9 Å². The largest absolute Gasteiger partial charge is 0.493 e. The van der Waals surface area contributed by atoms with Crippen LogP contribution in [-0.4, -0.2) is 34.9 Å². The Balaban J connectivity index is 1.66. The zero-order chi connectivity index (χ0) is 22.4. The second-order valence-corrected chi connectivity index (χ2v) is 8.21. The predicted molar refractivity (Wildman–Crippen MR) is 120 cm³/mol. The molecule has 0 unspecified atom stereocenters. The Bertz CT molecular complexity index is 1340. The molecule has 1 aliphatic rings. The van der Waals surface area contributed by atoms with E-state index < -0.39 is 0 Å². The van der Waals surface area contributed by atoms with E-state index in [1.807, 2.05) is 24.4 Å². The second-order valence-electron chi connectivity index (χ2n) is 7.35. The summed E-state index contributed by atoms with van der Waals surface area (Å²) in [5.41, 5.74) is 5.21. The van der Waals surface area contributed by atoms with Crippen LogP contribution in [0.25, 0.3) is 16.9 Å². The summed E-state index contributed by atoms with van der Waals surface area (Å²) in [5, 5.41) is 9.83. The Morgan fingerprint density at radius 2 is 1.88 bits per heavy atom. The van der Waals surface area contributed by atoms with Crippen molar-refractivity contribution in [2.75, 3.05) is 19.5 Å². The minimum atomic E-state index is -0.346. The Hall–Kier alpha value is -3.72. The van der Waals surface area contributed by atoms with Gasteiger partial charge in [-0.1, -0.05) is 0 Å². The quantitative estimate of drug-likeness (QED) is 0.423. The summed E-state index contributed by atoms with van der Waals surface area (Å²) < 4.78 is 26.2. The number of thiazole rings is 1. The Morgan fingerprint density at radius 3 is 2.53 bits per heavy atom.